The lowest BCUT2D eigenvalue weighted by atomic mass is 9.78. The van der Waals surface area contributed by atoms with Crippen molar-refractivity contribution in [2.75, 3.05) is 12.4 Å². The molecule has 2 aromatic carbocycles. The van der Waals surface area contributed by atoms with E-state index in [1.54, 1.807) is 13.2 Å². The van der Waals surface area contributed by atoms with Crippen LogP contribution in [0, 0.1) is 5.92 Å². The number of phenols is 1. The van der Waals surface area contributed by atoms with E-state index in [2.05, 4.69) is 44.3 Å². The van der Waals surface area contributed by atoms with E-state index in [1.165, 1.54) is 42.4 Å². The van der Waals surface area contributed by atoms with Crippen LogP contribution in [-0.4, -0.2) is 17.8 Å². The van der Waals surface area contributed by atoms with E-state index in [9.17, 15) is 5.11 Å². The van der Waals surface area contributed by atoms with Gasteiger partial charge in [-0.3, -0.25) is 0 Å². The first-order chi connectivity index (χ1) is 13.9. The van der Waals surface area contributed by atoms with Crippen molar-refractivity contribution in [1.82, 2.24) is 0 Å². The zero-order valence-corrected chi connectivity index (χ0v) is 17.6. The zero-order valence-electron chi connectivity index (χ0n) is 17.6. The predicted molar refractivity (Wildman–Crippen MR) is 117 cm³/mol. The minimum absolute atomic E-state index is 0.0237. The highest BCUT2D eigenvalue weighted by Crippen LogP contribution is 2.56. The smallest absolute Gasteiger partial charge is 0.172 e. The average Bonchev–Trinajstić information content (AvgIpc) is 3.20. The molecule has 152 valence electrons. The van der Waals surface area contributed by atoms with Crippen LogP contribution in [-0.2, 0) is 0 Å². The third kappa shape index (κ3) is 2.80. The van der Waals surface area contributed by atoms with Gasteiger partial charge in [0, 0.05) is 22.7 Å². The van der Waals surface area contributed by atoms with E-state index < -0.39 is 0 Å². The standard InChI is InChI=1S/C25H29NO3/c1-14-13-25(2,3)26-17-10-9-16-21-19(12-11-18(27)24(21)28-4)29-23(22(16)20(14)17)15-7-5-6-8-15/h9-13,15,23,26-27H,5-8H2,1-4H3. The number of phenolic OH excluding ortho intramolecular Hbond substituents is 1. The summed E-state index contributed by atoms with van der Waals surface area (Å²) >= 11 is 0. The largest absolute Gasteiger partial charge is 0.504 e. The van der Waals surface area contributed by atoms with Crippen molar-refractivity contribution in [1.29, 1.82) is 0 Å². The zero-order chi connectivity index (χ0) is 20.3. The maximum Gasteiger partial charge on any atom is 0.172 e. The Morgan fingerprint density at radius 3 is 2.59 bits per heavy atom. The van der Waals surface area contributed by atoms with E-state index in [-0.39, 0.29) is 17.4 Å². The lowest BCUT2D eigenvalue weighted by Crippen LogP contribution is -2.33. The summed E-state index contributed by atoms with van der Waals surface area (Å²) < 4.78 is 12.3. The second-order valence-corrected chi connectivity index (χ2v) is 9.20. The van der Waals surface area contributed by atoms with Crippen LogP contribution in [0.15, 0.2) is 30.3 Å². The van der Waals surface area contributed by atoms with Crippen LogP contribution < -0.4 is 14.8 Å². The Balaban J connectivity index is 1.80. The van der Waals surface area contributed by atoms with Gasteiger partial charge in [0.1, 0.15) is 11.9 Å². The lowest BCUT2D eigenvalue weighted by molar-refractivity contribution is 0.134. The molecule has 2 heterocycles. The number of rotatable bonds is 2. The number of nitrogens with one attached hydrogen (secondary N) is 1. The van der Waals surface area contributed by atoms with Crippen LogP contribution in [0.5, 0.6) is 17.2 Å². The van der Waals surface area contributed by atoms with Crippen molar-refractivity contribution in [2.45, 2.75) is 58.1 Å². The van der Waals surface area contributed by atoms with E-state index in [1.807, 2.05) is 6.07 Å². The molecule has 1 aliphatic carbocycles. The number of benzene rings is 2. The average molecular weight is 392 g/mol. The molecule has 29 heavy (non-hydrogen) atoms. The fourth-order valence-corrected chi connectivity index (χ4v) is 5.56. The molecule has 2 aromatic rings. The van der Waals surface area contributed by atoms with Gasteiger partial charge < -0.3 is 19.9 Å². The summed E-state index contributed by atoms with van der Waals surface area (Å²) in [6, 6.07) is 7.88. The summed E-state index contributed by atoms with van der Waals surface area (Å²) in [6.07, 6.45) is 7.24. The maximum atomic E-state index is 10.4. The van der Waals surface area contributed by atoms with Crippen molar-refractivity contribution in [2.24, 2.45) is 5.92 Å². The summed E-state index contributed by atoms with van der Waals surface area (Å²) in [5.74, 6) is 1.94. The van der Waals surface area contributed by atoms with Gasteiger partial charge in [-0.05, 0) is 62.9 Å². The molecule has 0 bridgehead atoms. The Morgan fingerprint density at radius 2 is 1.86 bits per heavy atom. The van der Waals surface area contributed by atoms with Crippen molar-refractivity contribution in [3.8, 4) is 28.4 Å². The number of methoxy groups -OCH3 is 1. The van der Waals surface area contributed by atoms with E-state index in [0.29, 0.717) is 11.7 Å². The highest BCUT2D eigenvalue weighted by atomic mass is 16.5. The molecule has 4 nitrogen and oxygen atoms in total. The third-order valence-corrected chi connectivity index (χ3v) is 6.61. The summed E-state index contributed by atoms with van der Waals surface area (Å²) in [4.78, 5) is 0. The third-order valence-electron chi connectivity index (χ3n) is 6.61. The van der Waals surface area contributed by atoms with Crippen molar-refractivity contribution in [3.63, 3.8) is 0 Å². The quantitative estimate of drug-likeness (QED) is 0.631. The van der Waals surface area contributed by atoms with Crippen LogP contribution in [0.1, 0.15) is 63.7 Å². The number of fused-ring (bicyclic) bond motifs is 5. The van der Waals surface area contributed by atoms with Crippen LogP contribution in [0.25, 0.3) is 16.7 Å². The Hall–Kier alpha value is -2.62. The number of hydrogen-bond donors (Lipinski definition) is 2. The number of aromatic hydroxyl groups is 1. The fraction of sp³-hybridized carbons (Fsp3) is 0.440. The molecule has 0 spiro atoms. The van der Waals surface area contributed by atoms with Crippen LogP contribution >= 0.6 is 0 Å². The first kappa shape index (κ1) is 18.4. The number of allylic oxidation sites excluding steroid dienone is 1. The fourth-order valence-electron chi connectivity index (χ4n) is 5.56. The van der Waals surface area contributed by atoms with E-state index in [4.69, 9.17) is 9.47 Å². The molecule has 2 N–H and O–H groups in total. The Labute approximate surface area is 172 Å². The minimum atomic E-state index is -0.0857. The van der Waals surface area contributed by atoms with Gasteiger partial charge in [0.05, 0.1) is 18.2 Å². The molecule has 5 rings (SSSR count). The lowest BCUT2D eigenvalue weighted by Gasteiger charge is -2.39. The number of anilines is 1. The summed E-state index contributed by atoms with van der Waals surface area (Å²) in [5, 5.41) is 14.1. The van der Waals surface area contributed by atoms with Crippen molar-refractivity contribution >= 4 is 11.3 Å². The molecule has 0 radical (unpaired) electrons. The van der Waals surface area contributed by atoms with Crippen molar-refractivity contribution in [3.05, 3.63) is 41.5 Å². The molecule has 0 amide bonds. The molecule has 1 saturated carbocycles. The second kappa shape index (κ2) is 6.45. The summed E-state index contributed by atoms with van der Waals surface area (Å²) in [5.41, 5.74) is 6.80. The Kier molecular flexibility index (Phi) is 4.09. The minimum Gasteiger partial charge on any atom is -0.504 e. The SMILES string of the molecule is COc1c(O)ccc2c1-c1ccc3c(c1C(C1CCCC1)O2)C(C)=CC(C)(C)N3. The molecular weight excluding hydrogens is 362 g/mol. The van der Waals surface area contributed by atoms with Gasteiger partial charge in [0.2, 0.25) is 0 Å². The Bertz CT molecular complexity index is 1020. The number of hydrogen-bond acceptors (Lipinski definition) is 4. The normalized spacial score (nSPS) is 21.9. The van der Waals surface area contributed by atoms with E-state index in [0.717, 1.165) is 22.6 Å². The highest BCUT2D eigenvalue weighted by Gasteiger charge is 2.39. The van der Waals surface area contributed by atoms with Gasteiger partial charge >= 0.3 is 0 Å². The molecule has 1 unspecified atom stereocenters. The predicted octanol–water partition coefficient (Wildman–Crippen LogP) is 6.30. The first-order valence-corrected chi connectivity index (χ1v) is 10.6. The van der Waals surface area contributed by atoms with E-state index >= 15 is 0 Å². The summed E-state index contributed by atoms with van der Waals surface area (Å²) in [7, 11) is 1.60. The molecule has 1 atom stereocenters. The molecule has 2 aliphatic heterocycles. The van der Waals surface area contributed by atoms with Gasteiger partial charge in [-0.2, -0.15) is 0 Å². The van der Waals surface area contributed by atoms with Crippen LogP contribution in [0.2, 0.25) is 0 Å². The molecule has 4 heteroatoms. The molecule has 1 fully saturated rings. The molecule has 0 aromatic heterocycles. The van der Waals surface area contributed by atoms with Crippen LogP contribution in [0.3, 0.4) is 0 Å². The van der Waals surface area contributed by atoms with Gasteiger partial charge in [0.25, 0.3) is 0 Å². The topological polar surface area (TPSA) is 50.7 Å². The van der Waals surface area contributed by atoms with Gasteiger partial charge in [-0.15, -0.1) is 0 Å². The number of ether oxygens (including phenoxy) is 2. The van der Waals surface area contributed by atoms with Crippen LogP contribution in [0.4, 0.5) is 5.69 Å². The van der Waals surface area contributed by atoms with Gasteiger partial charge in [-0.1, -0.05) is 25.0 Å². The van der Waals surface area contributed by atoms with Gasteiger partial charge in [0.15, 0.2) is 11.5 Å². The maximum absolute atomic E-state index is 10.4. The highest BCUT2D eigenvalue weighted by molar-refractivity contribution is 5.92. The second-order valence-electron chi connectivity index (χ2n) is 9.20. The summed E-state index contributed by atoms with van der Waals surface area (Å²) in [6.45, 7) is 6.59. The van der Waals surface area contributed by atoms with Gasteiger partial charge in [-0.25, -0.2) is 0 Å². The Morgan fingerprint density at radius 1 is 1.10 bits per heavy atom. The molecular formula is C25H29NO3. The monoisotopic (exact) mass is 391 g/mol. The van der Waals surface area contributed by atoms with Crippen molar-refractivity contribution < 1.29 is 14.6 Å². The first-order valence-electron chi connectivity index (χ1n) is 10.6. The molecule has 3 aliphatic rings. The molecule has 0 saturated heterocycles.